The largest absolute Gasteiger partial charge is 0.346 e. The fourth-order valence-electron chi connectivity index (χ4n) is 3.60. The molecule has 2 fully saturated rings. The second-order valence-corrected chi connectivity index (χ2v) is 8.06. The first-order valence-corrected chi connectivity index (χ1v) is 10.1. The maximum atomic E-state index is 12.9. The molecule has 0 saturated carbocycles. The molecule has 2 aliphatic rings. The van der Waals surface area contributed by atoms with E-state index in [1.807, 2.05) is 0 Å². The Morgan fingerprint density at radius 2 is 1.62 bits per heavy atom. The molecule has 2 aliphatic heterocycles. The highest BCUT2D eigenvalue weighted by atomic mass is 35.5. The molecule has 0 aromatic heterocycles. The van der Waals surface area contributed by atoms with Crippen molar-refractivity contribution in [2.45, 2.75) is 26.3 Å². The average molecular weight is 421 g/mol. The summed E-state index contributed by atoms with van der Waals surface area (Å²) in [6.07, 6.45) is 0.164. The third-order valence-electron chi connectivity index (χ3n) is 5.11. The molecule has 156 valence electrons. The highest BCUT2D eigenvalue weighted by Crippen LogP contribution is 2.27. The van der Waals surface area contributed by atoms with E-state index in [2.05, 4.69) is 5.32 Å². The zero-order valence-electron chi connectivity index (χ0n) is 16.6. The normalized spacial score (nSPS) is 19.7. The fourth-order valence-corrected chi connectivity index (χ4v) is 3.73. The average Bonchev–Trinajstić information content (AvgIpc) is 3.08. The number of carbonyl (C=O) groups excluding carboxylic acids is 4. The van der Waals surface area contributed by atoms with Gasteiger partial charge in [0.15, 0.2) is 0 Å². The molecule has 0 spiro atoms. The van der Waals surface area contributed by atoms with E-state index in [0.717, 1.165) is 5.69 Å². The maximum Gasteiger partial charge on any atom is 0.312 e. The van der Waals surface area contributed by atoms with Crippen molar-refractivity contribution in [1.82, 2.24) is 15.1 Å². The summed E-state index contributed by atoms with van der Waals surface area (Å²) >= 11 is 5.90. The van der Waals surface area contributed by atoms with E-state index in [1.54, 1.807) is 47.9 Å². The highest BCUT2D eigenvalue weighted by Gasteiger charge is 2.38. The van der Waals surface area contributed by atoms with Crippen LogP contribution in [0.2, 0.25) is 5.02 Å². The number of piperazine rings is 1. The quantitative estimate of drug-likeness (QED) is 0.735. The predicted molar refractivity (Wildman–Crippen MR) is 108 cm³/mol. The Balaban J connectivity index is 1.54. The van der Waals surface area contributed by atoms with Crippen molar-refractivity contribution in [2.24, 2.45) is 5.92 Å². The summed E-state index contributed by atoms with van der Waals surface area (Å²) in [5, 5.41) is 3.17. The van der Waals surface area contributed by atoms with Crippen LogP contribution in [-0.2, 0) is 19.2 Å². The van der Waals surface area contributed by atoms with Crippen molar-refractivity contribution in [3.05, 3.63) is 29.3 Å². The number of halogens is 1. The van der Waals surface area contributed by atoms with E-state index in [9.17, 15) is 19.2 Å². The molecule has 9 heteroatoms. The van der Waals surface area contributed by atoms with Crippen LogP contribution in [0.4, 0.5) is 5.69 Å². The molecule has 8 nitrogen and oxygen atoms in total. The molecule has 1 aromatic carbocycles. The molecule has 1 N–H and O–H groups in total. The summed E-state index contributed by atoms with van der Waals surface area (Å²) in [7, 11) is 0. The Morgan fingerprint density at radius 1 is 1.03 bits per heavy atom. The molecule has 4 amide bonds. The van der Waals surface area contributed by atoms with Crippen LogP contribution in [0.3, 0.4) is 0 Å². The van der Waals surface area contributed by atoms with E-state index in [0.29, 0.717) is 37.7 Å². The van der Waals surface area contributed by atoms with Gasteiger partial charge in [-0.2, -0.15) is 0 Å². The molecule has 1 atom stereocenters. The van der Waals surface area contributed by atoms with Crippen LogP contribution in [0.15, 0.2) is 24.3 Å². The fraction of sp³-hybridized carbons (Fsp3) is 0.500. The smallest absolute Gasteiger partial charge is 0.312 e. The number of nitrogens with one attached hydrogen (secondary N) is 1. The predicted octanol–water partition coefficient (Wildman–Crippen LogP) is 0.888. The van der Waals surface area contributed by atoms with E-state index >= 15 is 0 Å². The third-order valence-corrected chi connectivity index (χ3v) is 5.36. The first kappa shape index (κ1) is 21.1. The summed E-state index contributed by atoms with van der Waals surface area (Å²) < 4.78 is 0. The van der Waals surface area contributed by atoms with Gasteiger partial charge in [0.05, 0.1) is 5.92 Å². The van der Waals surface area contributed by atoms with Crippen molar-refractivity contribution in [3.63, 3.8) is 0 Å². The lowest BCUT2D eigenvalue weighted by Crippen LogP contribution is -2.55. The Kier molecular flexibility index (Phi) is 6.42. The SMILES string of the molecule is CC(C)NC(=O)C(=O)N1CCN(C(=O)C2CC(=O)N(c3ccc(Cl)cc3)C2)CC1. The number of nitrogens with zero attached hydrogens (tertiary/aromatic N) is 3. The molecule has 2 saturated heterocycles. The van der Waals surface area contributed by atoms with Gasteiger partial charge in [0.25, 0.3) is 0 Å². The van der Waals surface area contributed by atoms with Crippen molar-refractivity contribution in [1.29, 1.82) is 0 Å². The van der Waals surface area contributed by atoms with Gasteiger partial charge in [0.1, 0.15) is 0 Å². The van der Waals surface area contributed by atoms with Gasteiger partial charge < -0.3 is 20.0 Å². The summed E-state index contributed by atoms with van der Waals surface area (Å²) in [5.41, 5.74) is 0.723. The lowest BCUT2D eigenvalue weighted by Gasteiger charge is -2.35. The molecule has 0 bridgehead atoms. The summed E-state index contributed by atoms with van der Waals surface area (Å²) in [5.74, 6) is -1.79. The zero-order valence-corrected chi connectivity index (χ0v) is 17.3. The molecule has 3 rings (SSSR count). The van der Waals surface area contributed by atoms with Crippen LogP contribution >= 0.6 is 11.6 Å². The van der Waals surface area contributed by atoms with Crippen LogP contribution in [0.1, 0.15) is 20.3 Å². The van der Waals surface area contributed by atoms with Crippen molar-refractivity contribution in [2.75, 3.05) is 37.6 Å². The Morgan fingerprint density at radius 3 is 2.21 bits per heavy atom. The Hall–Kier alpha value is -2.61. The van der Waals surface area contributed by atoms with Gasteiger partial charge in [-0.05, 0) is 38.1 Å². The second kappa shape index (κ2) is 8.82. The first-order chi connectivity index (χ1) is 13.8. The van der Waals surface area contributed by atoms with Gasteiger partial charge in [-0.3, -0.25) is 19.2 Å². The highest BCUT2D eigenvalue weighted by molar-refractivity contribution is 6.35. The summed E-state index contributed by atoms with van der Waals surface area (Å²) in [4.78, 5) is 54.1. The van der Waals surface area contributed by atoms with Gasteiger partial charge in [-0.1, -0.05) is 11.6 Å². The monoisotopic (exact) mass is 420 g/mol. The third kappa shape index (κ3) is 4.87. The minimum absolute atomic E-state index is 0.0893. The van der Waals surface area contributed by atoms with Crippen LogP contribution in [0, 0.1) is 5.92 Å². The zero-order chi connectivity index (χ0) is 21.1. The minimum Gasteiger partial charge on any atom is -0.346 e. The molecular formula is C20H25ClN4O4. The number of amides is 4. The van der Waals surface area contributed by atoms with E-state index in [4.69, 9.17) is 11.6 Å². The number of benzene rings is 1. The number of anilines is 1. The molecule has 1 aromatic rings. The van der Waals surface area contributed by atoms with Gasteiger partial charge in [-0.25, -0.2) is 0 Å². The van der Waals surface area contributed by atoms with Crippen LogP contribution in [-0.4, -0.2) is 72.2 Å². The summed E-state index contributed by atoms with van der Waals surface area (Å²) in [6.45, 7) is 5.22. The Labute approximate surface area is 174 Å². The topological polar surface area (TPSA) is 90.0 Å². The molecule has 0 aliphatic carbocycles. The number of carbonyl (C=O) groups is 4. The van der Waals surface area contributed by atoms with Gasteiger partial charge in [0.2, 0.25) is 11.8 Å². The van der Waals surface area contributed by atoms with Crippen molar-refractivity contribution >= 4 is 40.9 Å². The number of rotatable bonds is 3. The van der Waals surface area contributed by atoms with Gasteiger partial charge in [0, 0.05) is 55.9 Å². The number of hydrogen-bond donors (Lipinski definition) is 1. The molecule has 29 heavy (non-hydrogen) atoms. The molecular weight excluding hydrogens is 396 g/mol. The minimum atomic E-state index is -0.625. The lowest BCUT2D eigenvalue weighted by molar-refractivity contribution is -0.149. The standard InChI is InChI=1S/C20H25ClN4O4/c1-13(2)22-18(27)20(29)24-9-7-23(8-10-24)19(28)14-11-17(26)25(12-14)16-5-3-15(21)4-6-16/h3-6,13-14H,7-12H2,1-2H3,(H,22,27). The molecule has 0 radical (unpaired) electrons. The van der Waals surface area contributed by atoms with E-state index in [-0.39, 0.29) is 24.3 Å². The van der Waals surface area contributed by atoms with E-state index < -0.39 is 17.7 Å². The first-order valence-electron chi connectivity index (χ1n) is 9.70. The number of hydrogen-bond acceptors (Lipinski definition) is 4. The van der Waals surface area contributed by atoms with Crippen LogP contribution in [0.5, 0.6) is 0 Å². The van der Waals surface area contributed by atoms with Crippen LogP contribution < -0.4 is 10.2 Å². The molecule has 1 unspecified atom stereocenters. The van der Waals surface area contributed by atoms with Gasteiger partial charge in [-0.15, -0.1) is 0 Å². The van der Waals surface area contributed by atoms with Crippen LogP contribution in [0.25, 0.3) is 0 Å². The Bertz CT molecular complexity index is 803. The van der Waals surface area contributed by atoms with Gasteiger partial charge >= 0.3 is 11.8 Å². The maximum absolute atomic E-state index is 12.9. The second-order valence-electron chi connectivity index (χ2n) is 7.63. The summed E-state index contributed by atoms with van der Waals surface area (Å²) in [6, 6.07) is 6.84. The molecule has 2 heterocycles. The van der Waals surface area contributed by atoms with E-state index in [1.165, 1.54) is 4.90 Å². The van der Waals surface area contributed by atoms with Crippen molar-refractivity contribution in [3.8, 4) is 0 Å². The van der Waals surface area contributed by atoms with Crippen molar-refractivity contribution < 1.29 is 19.2 Å². The lowest BCUT2D eigenvalue weighted by atomic mass is 10.1.